The Balaban J connectivity index is 1.49. The fourth-order valence-corrected chi connectivity index (χ4v) is 2.82. The summed E-state index contributed by atoms with van der Waals surface area (Å²) >= 11 is 5.96. The zero-order chi connectivity index (χ0) is 18.4. The molecule has 0 radical (unpaired) electrons. The maximum Gasteiger partial charge on any atom is 0.323 e. The number of aromatic nitrogens is 2. The molecule has 2 amide bonds. The van der Waals surface area contributed by atoms with Crippen molar-refractivity contribution in [1.82, 2.24) is 14.7 Å². The predicted molar refractivity (Wildman–Crippen MR) is 98.3 cm³/mol. The average Bonchev–Trinajstić information content (AvgIpc) is 3.08. The summed E-state index contributed by atoms with van der Waals surface area (Å²) in [5.41, 5.74) is 1.47. The number of amides is 2. The third-order valence-corrected chi connectivity index (χ3v) is 4.30. The third kappa shape index (κ3) is 4.95. The summed E-state index contributed by atoms with van der Waals surface area (Å²) in [6.07, 6.45) is 3.39. The van der Waals surface area contributed by atoms with Gasteiger partial charge < -0.3 is 15.4 Å². The van der Waals surface area contributed by atoms with Crippen LogP contribution >= 0.6 is 11.6 Å². The number of benzene rings is 1. The van der Waals surface area contributed by atoms with Gasteiger partial charge in [0.2, 0.25) is 0 Å². The Morgan fingerprint density at radius 1 is 1.27 bits per heavy atom. The zero-order valence-corrected chi connectivity index (χ0v) is 14.9. The molecule has 1 fully saturated rings. The van der Waals surface area contributed by atoms with Crippen molar-refractivity contribution in [3.63, 3.8) is 0 Å². The van der Waals surface area contributed by atoms with Crippen molar-refractivity contribution in [1.29, 1.82) is 5.26 Å². The van der Waals surface area contributed by atoms with E-state index in [0.29, 0.717) is 22.0 Å². The predicted octanol–water partition coefficient (Wildman–Crippen LogP) is 2.38. The second-order valence-electron chi connectivity index (χ2n) is 5.83. The summed E-state index contributed by atoms with van der Waals surface area (Å²) < 4.78 is 7.12. The minimum Gasteiger partial charge on any atom is -0.379 e. The number of nitrogens with zero attached hydrogens (tertiary/aromatic N) is 4. The molecular weight excluding hydrogens is 356 g/mol. The van der Waals surface area contributed by atoms with Gasteiger partial charge in [-0.1, -0.05) is 11.6 Å². The summed E-state index contributed by atoms with van der Waals surface area (Å²) in [6, 6.07) is 6.28. The standard InChI is InChI=1S/C17H19ClN6O2/c18-16-9-14(2-1-13(16)10-19)21-17(25)22-15-11-20-24(12-15)4-3-23-5-7-26-8-6-23/h1-2,9,11-12H,3-8H2,(H2,21,22,25). The van der Waals surface area contributed by atoms with Crippen molar-refractivity contribution < 1.29 is 9.53 Å². The van der Waals surface area contributed by atoms with Crippen molar-refractivity contribution in [2.45, 2.75) is 6.54 Å². The summed E-state index contributed by atoms with van der Waals surface area (Å²) in [7, 11) is 0. The van der Waals surface area contributed by atoms with E-state index in [0.717, 1.165) is 39.4 Å². The fraction of sp³-hybridized carbons (Fsp3) is 0.353. The van der Waals surface area contributed by atoms with Crippen LogP contribution in [0.3, 0.4) is 0 Å². The molecule has 2 aromatic rings. The summed E-state index contributed by atoms with van der Waals surface area (Å²) in [5.74, 6) is 0. The molecule has 1 aromatic heterocycles. The van der Waals surface area contributed by atoms with Crippen molar-refractivity contribution in [3.05, 3.63) is 41.2 Å². The highest BCUT2D eigenvalue weighted by molar-refractivity contribution is 6.32. The zero-order valence-electron chi connectivity index (χ0n) is 14.1. The van der Waals surface area contributed by atoms with Crippen LogP contribution in [0.15, 0.2) is 30.6 Å². The van der Waals surface area contributed by atoms with Crippen LogP contribution < -0.4 is 10.6 Å². The van der Waals surface area contributed by atoms with Gasteiger partial charge >= 0.3 is 6.03 Å². The molecule has 2 heterocycles. The van der Waals surface area contributed by atoms with E-state index in [9.17, 15) is 4.79 Å². The number of hydrogen-bond donors (Lipinski definition) is 2. The number of ether oxygens (including phenoxy) is 1. The van der Waals surface area contributed by atoms with E-state index in [1.54, 1.807) is 29.2 Å². The molecule has 1 saturated heterocycles. The average molecular weight is 375 g/mol. The van der Waals surface area contributed by atoms with E-state index in [4.69, 9.17) is 21.6 Å². The first kappa shape index (κ1) is 18.2. The minimum absolute atomic E-state index is 0.293. The lowest BCUT2D eigenvalue weighted by Crippen LogP contribution is -2.38. The highest BCUT2D eigenvalue weighted by Gasteiger charge is 2.11. The molecule has 0 atom stereocenters. The van der Waals surface area contributed by atoms with E-state index in [2.05, 4.69) is 20.6 Å². The first-order valence-electron chi connectivity index (χ1n) is 8.24. The minimum atomic E-state index is -0.404. The lowest BCUT2D eigenvalue weighted by molar-refractivity contribution is 0.0360. The molecule has 1 aliphatic heterocycles. The number of anilines is 2. The van der Waals surface area contributed by atoms with Gasteiger partial charge in [0.15, 0.2) is 0 Å². The van der Waals surface area contributed by atoms with Gasteiger partial charge in [0, 0.05) is 31.5 Å². The number of hydrogen-bond acceptors (Lipinski definition) is 5. The fourth-order valence-electron chi connectivity index (χ4n) is 2.60. The van der Waals surface area contributed by atoms with E-state index in [1.165, 1.54) is 6.07 Å². The Morgan fingerprint density at radius 3 is 2.77 bits per heavy atom. The van der Waals surface area contributed by atoms with Crippen LogP contribution in [-0.2, 0) is 11.3 Å². The number of morpholine rings is 1. The van der Waals surface area contributed by atoms with Gasteiger partial charge in [-0.15, -0.1) is 0 Å². The Bertz CT molecular complexity index is 810. The molecule has 26 heavy (non-hydrogen) atoms. The molecule has 136 valence electrons. The first-order chi connectivity index (χ1) is 12.6. The largest absolute Gasteiger partial charge is 0.379 e. The molecule has 1 aliphatic rings. The molecule has 0 bridgehead atoms. The summed E-state index contributed by atoms with van der Waals surface area (Å²) in [4.78, 5) is 14.4. The monoisotopic (exact) mass is 374 g/mol. The van der Waals surface area contributed by atoms with Crippen LogP contribution in [0.2, 0.25) is 5.02 Å². The number of urea groups is 1. The Morgan fingerprint density at radius 2 is 2.04 bits per heavy atom. The molecule has 0 unspecified atom stereocenters. The SMILES string of the molecule is N#Cc1ccc(NC(=O)Nc2cnn(CCN3CCOCC3)c2)cc1Cl. The van der Waals surface area contributed by atoms with Crippen LogP contribution in [0.5, 0.6) is 0 Å². The topological polar surface area (TPSA) is 95.2 Å². The lowest BCUT2D eigenvalue weighted by atomic mass is 10.2. The Labute approximate surface area is 156 Å². The third-order valence-electron chi connectivity index (χ3n) is 3.99. The van der Waals surface area contributed by atoms with E-state index < -0.39 is 6.03 Å². The molecule has 1 aromatic carbocycles. The number of nitrogens with one attached hydrogen (secondary N) is 2. The molecule has 0 aliphatic carbocycles. The van der Waals surface area contributed by atoms with Gasteiger partial charge in [-0.3, -0.25) is 9.58 Å². The van der Waals surface area contributed by atoms with E-state index in [1.807, 2.05) is 6.07 Å². The number of rotatable bonds is 5. The second kappa shape index (κ2) is 8.67. The lowest BCUT2D eigenvalue weighted by Gasteiger charge is -2.26. The number of halogens is 1. The quantitative estimate of drug-likeness (QED) is 0.837. The maximum absolute atomic E-state index is 12.1. The van der Waals surface area contributed by atoms with Crippen molar-refractivity contribution >= 4 is 29.0 Å². The highest BCUT2D eigenvalue weighted by atomic mass is 35.5. The van der Waals surface area contributed by atoms with Crippen molar-refractivity contribution in [2.75, 3.05) is 43.5 Å². The van der Waals surface area contributed by atoms with Crippen LogP contribution in [0.1, 0.15) is 5.56 Å². The Hall–Kier alpha value is -2.60. The van der Waals surface area contributed by atoms with Gasteiger partial charge in [-0.2, -0.15) is 10.4 Å². The van der Waals surface area contributed by atoms with Crippen LogP contribution in [0.25, 0.3) is 0 Å². The summed E-state index contributed by atoms with van der Waals surface area (Å²) in [6.45, 7) is 5.04. The molecule has 2 N–H and O–H groups in total. The van der Waals surface area contributed by atoms with Gasteiger partial charge in [-0.05, 0) is 18.2 Å². The molecular formula is C17H19ClN6O2. The number of nitriles is 1. The van der Waals surface area contributed by atoms with Gasteiger partial charge in [0.25, 0.3) is 0 Å². The molecule has 3 rings (SSSR count). The Kier molecular flexibility index (Phi) is 6.07. The molecule has 0 spiro atoms. The second-order valence-corrected chi connectivity index (χ2v) is 6.24. The van der Waals surface area contributed by atoms with Crippen LogP contribution in [0.4, 0.5) is 16.2 Å². The van der Waals surface area contributed by atoms with Gasteiger partial charge in [0.05, 0.1) is 42.2 Å². The van der Waals surface area contributed by atoms with Crippen LogP contribution in [-0.4, -0.2) is 53.6 Å². The molecule has 0 saturated carbocycles. The van der Waals surface area contributed by atoms with E-state index in [-0.39, 0.29) is 0 Å². The van der Waals surface area contributed by atoms with Crippen LogP contribution in [0, 0.1) is 11.3 Å². The smallest absolute Gasteiger partial charge is 0.323 e. The van der Waals surface area contributed by atoms with Crippen molar-refractivity contribution in [3.8, 4) is 6.07 Å². The normalized spacial score (nSPS) is 14.6. The number of carbonyl (C=O) groups excluding carboxylic acids is 1. The molecule has 8 nitrogen and oxygen atoms in total. The first-order valence-corrected chi connectivity index (χ1v) is 8.62. The molecule has 9 heteroatoms. The summed E-state index contributed by atoms with van der Waals surface area (Å²) in [5, 5.41) is 18.8. The number of carbonyl (C=O) groups is 1. The highest BCUT2D eigenvalue weighted by Crippen LogP contribution is 2.20. The maximum atomic E-state index is 12.1. The van der Waals surface area contributed by atoms with Crippen molar-refractivity contribution in [2.24, 2.45) is 0 Å². The van der Waals surface area contributed by atoms with E-state index >= 15 is 0 Å². The van der Waals surface area contributed by atoms with Gasteiger partial charge in [0.1, 0.15) is 6.07 Å². The van der Waals surface area contributed by atoms with Gasteiger partial charge in [-0.25, -0.2) is 4.79 Å².